The summed E-state index contributed by atoms with van der Waals surface area (Å²) in [6.45, 7) is 6.16. The lowest BCUT2D eigenvalue weighted by molar-refractivity contribution is -0.281. The Bertz CT molecular complexity index is 893. The maximum absolute atomic E-state index is 9.17. The van der Waals surface area contributed by atoms with Gasteiger partial charge in [0.05, 0.1) is 12.3 Å². The Kier molecular flexibility index (Phi) is 6.35. The molecule has 0 unspecified atom stereocenters. The zero-order chi connectivity index (χ0) is 20.1. The predicted octanol–water partition coefficient (Wildman–Crippen LogP) is 4.49. The van der Waals surface area contributed by atoms with Crippen molar-refractivity contribution in [3.63, 3.8) is 0 Å². The van der Waals surface area contributed by atoms with Crippen molar-refractivity contribution in [1.82, 2.24) is 5.32 Å². The molecular formula is C21H23BrN4O2. The molecule has 2 aromatic carbocycles. The van der Waals surface area contributed by atoms with Gasteiger partial charge in [-0.1, -0.05) is 36.4 Å². The maximum atomic E-state index is 9.17. The number of nitriles is 1. The summed E-state index contributed by atoms with van der Waals surface area (Å²) in [5.41, 5.74) is 2.95. The maximum Gasteiger partial charge on any atom is 0.209 e. The molecule has 0 amide bonds. The number of aryl methyl sites for hydroxylation is 1. The van der Waals surface area contributed by atoms with Crippen LogP contribution in [0.4, 0.5) is 5.69 Å². The van der Waals surface area contributed by atoms with E-state index < -0.39 is 5.79 Å². The van der Waals surface area contributed by atoms with Gasteiger partial charge in [-0.05, 0) is 60.0 Å². The van der Waals surface area contributed by atoms with Crippen LogP contribution in [0.5, 0.6) is 0 Å². The molecule has 146 valence electrons. The third-order valence-corrected chi connectivity index (χ3v) is 4.99. The second kappa shape index (κ2) is 8.74. The molecule has 0 saturated carbocycles. The number of halogens is 1. The number of hydrogen-bond acceptors (Lipinski definition) is 4. The quantitative estimate of drug-likeness (QED) is 0.316. The number of hydrogen-bond donors (Lipinski definition) is 2. The molecular weight excluding hydrogens is 420 g/mol. The highest BCUT2D eigenvalue weighted by molar-refractivity contribution is 9.10. The molecule has 1 saturated heterocycles. The molecule has 0 bridgehead atoms. The number of nitrogens with one attached hydrogen (secondary N) is 2. The van der Waals surface area contributed by atoms with Gasteiger partial charge in [-0.3, -0.25) is 5.32 Å². The Morgan fingerprint density at radius 1 is 1.25 bits per heavy atom. The van der Waals surface area contributed by atoms with Crippen LogP contribution >= 0.6 is 15.9 Å². The number of aliphatic imine (C=N–C) groups is 1. The van der Waals surface area contributed by atoms with Crippen molar-refractivity contribution in [1.29, 1.82) is 5.26 Å². The summed E-state index contributed by atoms with van der Waals surface area (Å²) in [5.74, 6) is -0.368. The fourth-order valence-electron chi connectivity index (χ4n) is 2.99. The summed E-state index contributed by atoms with van der Waals surface area (Å²) in [6, 6.07) is 15.5. The van der Waals surface area contributed by atoms with Gasteiger partial charge in [0.2, 0.25) is 5.96 Å². The van der Waals surface area contributed by atoms with E-state index in [1.54, 1.807) is 0 Å². The van der Waals surface area contributed by atoms with Crippen molar-refractivity contribution in [3.05, 3.63) is 64.1 Å². The fourth-order valence-corrected chi connectivity index (χ4v) is 3.59. The van der Waals surface area contributed by atoms with Crippen LogP contribution in [0.25, 0.3) is 0 Å². The molecule has 6 nitrogen and oxygen atoms in total. The summed E-state index contributed by atoms with van der Waals surface area (Å²) < 4.78 is 12.9. The molecule has 0 radical (unpaired) electrons. The summed E-state index contributed by atoms with van der Waals surface area (Å²) in [7, 11) is 0. The third-order valence-electron chi connectivity index (χ3n) is 4.34. The zero-order valence-corrected chi connectivity index (χ0v) is 17.7. The summed E-state index contributed by atoms with van der Waals surface area (Å²) in [6.07, 6.45) is 1.65. The summed E-state index contributed by atoms with van der Waals surface area (Å²) >= 11 is 3.54. The van der Waals surface area contributed by atoms with Crippen molar-refractivity contribution in [2.45, 2.75) is 38.7 Å². The molecule has 1 heterocycles. The van der Waals surface area contributed by atoms with E-state index >= 15 is 0 Å². The molecule has 2 N–H and O–H groups in total. The minimum atomic E-state index is -0.706. The molecule has 3 rings (SSSR count). The van der Waals surface area contributed by atoms with Crippen molar-refractivity contribution < 1.29 is 9.47 Å². The van der Waals surface area contributed by atoms with Gasteiger partial charge in [0.15, 0.2) is 12.0 Å². The molecule has 2 aromatic rings. The molecule has 1 aliphatic rings. The lowest BCUT2D eigenvalue weighted by atomic mass is 10.0. The van der Waals surface area contributed by atoms with E-state index in [-0.39, 0.29) is 12.1 Å². The molecule has 0 spiro atoms. The Morgan fingerprint density at radius 3 is 2.68 bits per heavy atom. The van der Waals surface area contributed by atoms with Crippen LogP contribution in [0, 0.1) is 18.4 Å². The van der Waals surface area contributed by atoms with Gasteiger partial charge in [0, 0.05) is 4.47 Å². The Morgan fingerprint density at radius 2 is 2.00 bits per heavy atom. The molecule has 1 fully saturated rings. The fraction of sp³-hybridized carbons (Fsp3) is 0.333. The van der Waals surface area contributed by atoms with E-state index in [1.165, 1.54) is 0 Å². The Labute approximate surface area is 173 Å². The van der Waals surface area contributed by atoms with E-state index in [9.17, 15) is 0 Å². The highest BCUT2D eigenvalue weighted by Crippen LogP contribution is 2.34. The third kappa shape index (κ3) is 5.10. The molecule has 0 aliphatic carbocycles. The predicted molar refractivity (Wildman–Crippen MR) is 113 cm³/mol. The minimum Gasteiger partial charge on any atom is -0.348 e. The van der Waals surface area contributed by atoms with Crippen molar-refractivity contribution in [2.24, 2.45) is 4.99 Å². The first-order chi connectivity index (χ1) is 13.4. The van der Waals surface area contributed by atoms with Gasteiger partial charge in [-0.2, -0.15) is 5.26 Å². The van der Waals surface area contributed by atoms with Crippen LogP contribution in [0.15, 0.2) is 58.0 Å². The first kappa shape index (κ1) is 20.3. The zero-order valence-electron chi connectivity index (χ0n) is 16.1. The number of ether oxygens (including phenoxy) is 2. The van der Waals surface area contributed by atoms with Crippen LogP contribution in [0.3, 0.4) is 0 Å². The molecule has 2 atom stereocenters. The topological polar surface area (TPSA) is 78.7 Å². The van der Waals surface area contributed by atoms with Gasteiger partial charge in [0.25, 0.3) is 0 Å². The van der Waals surface area contributed by atoms with Crippen molar-refractivity contribution in [3.8, 4) is 6.19 Å². The SMILES string of the molecule is Cc1ccc(NC(=N[C@H]2COC(C)(C)O[C@@H]2c2ccccc2)NC#N)c(Br)c1. The van der Waals surface area contributed by atoms with Gasteiger partial charge in [-0.15, -0.1) is 0 Å². The summed E-state index contributed by atoms with van der Waals surface area (Å²) in [4.78, 5) is 4.71. The van der Waals surface area contributed by atoms with Crippen LogP contribution in [-0.4, -0.2) is 24.4 Å². The van der Waals surface area contributed by atoms with E-state index in [0.29, 0.717) is 12.6 Å². The average molecular weight is 443 g/mol. The van der Waals surface area contributed by atoms with E-state index in [2.05, 4.69) is 26.6 Å². The van der Waals surface area contributed by atoms with Crippen LogP contribution < -0.4 is 10.6 Å². The van der Waals surface area contributed by atoms with Gasteiger partial charge < -0.3 is 14.8 Å². The minimum absolute atomic E-state index is 0.288. The monoisotopic (exact) mass is 442 g/mol. The number of nitrogens with zero attached hydrogens (tertiary/aromatic N) is 2. The molecule has 1 aliphatic heterocycles. The van der Waals surface area contributed by atoms with Crippen LogP contribution in [0.2, 0.25) is 0 Å². The van der Waals surface area contributed by atoms with Crippen molar-refractivity contribution in [2.75, 3.05) is 11.9 Å². The second-order valence-corrected chi connectivity index (χ2v) is 7.90. The summed E-state index contributed by atoms with van der Waals surface area (Å²) in [5, 5.41) is 15.0. The first-order valence-electron chi connectivity index (χ1n) is 9.01. The molecule has 28 heavy (non-hydrogen) atoms. The van der Waals surface area contributed by atoms with Gasteiger partial charge in [-0.25, -0.2) is 4.99 Å². The van der Waals surface area contributed by atoms with E-state index in [0.717, 1.165) is 21.3 Å². The lowest BCUT2D eigenvalue weighted by Gasteiger charge is -2.40. The van der Waals surface area contributed by atoms with Gasteiger partial charge in [0.1, 0.15) is 12.1 Å². The highest BCUT2D eigenvalue weighted by atomic mass is 79.9. The Hall–Kier alpha value is -2.40. The number of anilines is 1. The largest absolute Gasteiger partial charge is 0.348 e. The van der Waals surface area contributed by atoms with E-state index in [1.807, 2.05) is 75.5 Å². The van der Waals surface area contributed by atoms with Crippen LogP contribution in [-0.2, 0) is 9.47 Å². The number of benzene rings is 2. The van der Waals surface area contributed by atoms with Crippen LogP contribution in [0.1, 0.15) is 31.1 Å². The van der Waals surface area contributed by atoms with Crippen molar-refractivity contribution >= 4 is 27.6 Å². The highest BCUT2D eigenvalue weighted by Gasteiger charge is 2.37. The first-order valence-corrected chi connectivity index (χ1v) is 9.80. The smallest absolute Gasteiger partial charge is 0.209 e. The number of guanidine groups is 1. The Balaban J connectivity index is 1.90. The van der Waals surface area contributed by atoms with E-state index in [4.69, 9.17) is 19.7 Å². The number of rotatable bonds is 3. The standard InChI is InChI=1S/C21H23BrN4O2/c1-14-9-10-17(16(22)11-14)25-20(24-13-23)26-18-12-27-21(2,3)28-19(18)15-7-5-4-6-8-15/h4-11,18-19H,12H2,1-3H3,(H2,24,25,26)/t18-,19+/m0/s1. The average Bonchev–Trinajstić information content (AvgIpc) is 2.66. The lowest BCUT2D eigenvalue weighted by Crippen LogP contribution is -2.44. The van der Waals surface area contributed by atoms with Gasteiger partial charge >= 0.3 is 0 Å². The molecule has 7 heteroatoms. The molecule has 0 aromatic heterocycles. The normalized spacial score (nSPS) is 21.6. The second-order valence-electron chi connectivity index (χ2n) is 7.05.